The van der Waals surface area contributed by atoms with Crippen molar-refractivity contribution in [1.29, 1.82) is 0 Å². The highest BCUT2D eigenvalue weighted by atomic mass is 19.3. The first-order valence-corrected chi connectivity index (χ1v) is 10.7. The van der Waals surface area contributed by atoms with Gasteiger partial charge in [0, 0.05) is 37.7 Å². The van der Waals surface area contributed by atoms with Crippen molar-refractivity contribution in [1.82, 2.24) is 19.9 Å². The van der Waals surface area contributed by atoms with Gasteiger partial charge in [-0.1, -0.05) is 6.07 Å². The van der Waals surface area contributed by atoms with Gasteiger partial charge in [-0.3, -0.25) is 14.5 Å². The summed E-state index contributed by atoms with van der Waals surface area (Å²) in [5.74, 6) is -3.02. The number of likely N-dealkylation sites (tertiary alicyclic amines) is 1. The number of carbonyl (C=O) groups excluding carboxylic acids is 1. The number of H-pyrrole nitrogens is 1. The Labute approximate surface area is 182 Å². The van der Waals surface area contributed by atoms with Crippen LogP contribution in [0.15, 0.2) is 39.7 Å². The number of pyridine rings is 2. The van der Waals surface area contributed by atoms with E-state index in [1.807, 2.05) is 0 Å². The monoisotopic (exact) mass is 443 g/mol. The number of carbonyl (C=O) groups is 1. The summed E-state index contributed by atoms with van der Waals surface area (Å²) in [7, 11) is 0. The minimum Gasteiger partial charge on any atom is -0.439 e. The summed E-state index contributed by atoms with van der Waals surface area (Å²) in [5, 5.41) is 2.76. The number of halogens is 2. The number of hydrogen-bond donors (Lipinski definition) is 2. The number of rotatable bonds is 5. The zero-order valence-electron chi connectivity index (χ0n) is 17.5. The van der Waals surface area contributed by atoms with Crippen molar-refractivity contribution in [2.45, 2.75) is 50.0 Å². The number of nitrogens with one attached hydrogen (secondary N) is 2. The van der Waals surface area contributed by atoms with Gasteiger partial charge in [-0.05, 0) is 37.5 Å². The van der Waals surface area contributed by atoms with Crippen molar-refractivity contribution in [3.8, 4) is 0 Å². The summed E-state index contributed by atoms with van der Waals surface area (Å²) in [6.07, 6.45) is 3.06. The zero-order chi connectivity index (χ0) is 22.5. The lowest BCUT2D eigenvalue weighted by molar-refractivity contribution is -0.125. The number of hydrogen-bond acceptors (Lipinski definition) is 6. The molecule has 168 valence electrons. The molecule has 1 saturated heterocycles. The largest absolute Gasteiger partial charge is 0.439 e. The van der Waals surface area contributed by atoms with Crippen LogP contribution in [0.4, 0.5) is 14.6 Å². The van der Waals surface area contributed by atoms with Crippen LogP contribution in [0.25, 0.3) is 11.2 Å². The van der Waals surface area contributed by atoms with Gasteiger partial charge in [0.2, 0.25) is 17.1 Å². The number of piperidine rings is 1. The van der Waals surface area contributed by atoms with E-state index < -0.39 is 17.9 Å². The van der Waals surface area contributed by atoms with Crippen LogP contribution in [0.3, 0.4) is 0 Å². The van der Waals surface area contributed by atoms with Crippen molar-refractivity contribution in [3.63, 3.8) is 0 Å². The summed E-state index contributed by atoms with van der Waals surface area (Å²) < 4.78 is 34.9. The summed E-state index contributed by atoms with van der Waals surface area (Å²) >= 11 is 0. The van der Waals surface area contributed by atoms with E-state index in [4.69, 9.17) is 4.42 Å². The lowest BCUT2D eigenvalue weighted by Gasteiger charge is -2.40. The number of amides is 1. The number of oxazole rings is 1. The molecular weight excluding hydrogens is 420 g/mol. The molecule has 4 heterocycles. The molecule has 10 heteroatoms. The molecule has 2 fully saturated rings. The van der Waals surface area contributed by atoms with Gasteiger partial charge >= 0.3 is 0 Å². The van der Waals surface area contributed by atoms with Crippen LogP contribution < -0.4 is 10.9 Å². The second-order valence-electron chi connectivity index (χ2n) is 8.55. The Balaban J connectivity index is 1.29. The van der Waals surface area contributed by atoms with Crippen LogP contribution >= 0.6 is 0 Å². The maximum Gasteiger partial charge on any atom is 0.257 e. The van der Waals surface area contributed by atoms with Crippen molar-refractivity contribution >= 4 is 23.0 Å². The number of nitrogens with zero attached hydrogens (tertiary/aromatic N) is 3. The first kappa shape index (κ1) is 20.7. The predicted molar refractivity (Wildman–Crippen MR) is 113 cm³/mol. The van der Waals surface area contributed by atoms with Crippen molar-refractivity contribution < 1.29 is 18.0 Å². The van der Waals surface area contributed by atoms with Gasteiger partial charge in [-0.25, -0.2) is 13.8 Å². The average molecular weight is 443 g/mol. The Hall–Kier alpha value is -3.14. The molecule has 1 unspecified atom stereocenters. The number of anilines is 1. The third kappa shape index (κ3) is 4.02. The molecule has 0 spiro atoms. The summed E-state index contributed by atoms with van der Waals surface area (Å²) in [6.45, 7) is 1.76. The minimum atomic E-state index is -2.93. The number of alkyl halides is 2. The highest BCUT2D eigenvalue weighted by Crippen LogP contribution is 2.41. The van der Waals surface area contributed by atoms with Crippen LogP contribution in [0.2, 0.25) is 0 Å². The van der Waals surface area contributed by atoms with Crippen LogP contribution in [-0.4, -0.2) is 50.8 Å². The maximum atomic E-state index is 14.6. The van der Waals surface area contributed by atoms with Crippen molar-refractivity contribution in [2.75, 3.05) is 18.4 Å². The van der Waals surface area contributed by atoms with Gasteiger partial charge in [0.25, 0.3) is 5.92 Å². The van der Waals surface area contributed by atoms with Crippen LogP contribution in [0, 0.1) is 0 Å². The van der Waals surface area contributed by atoms with Gasteiger partial charge < -0.3 is 14.7 Å². The van der Waals surface area contributed by atoms with Gasteiger partial charge in [-0.2, -0.15) is 4.98 Å². The molecular formula is C22H23F2N5O3. The molecule has 2 aliphatic rings. The maximum absolute atomic E-state index is 14.6. The standard InChI is InChI=1S/C22H23F2N5O3/c1-12(29-9-8-22(23,24)15(11-29)14-4-7-18(30)25-10-14)20(31)27-17-6-5-16-19(26-17)28-21(32-16)13-2-3-13/h4-7,10,12-13,15H,2-3,8-9,11H2,1H3,(H,25,30)(H,26,27,31)/t12?,15-/m1/s1. The van der Waals surface area contributed by atoms with E-state index in [1.165, 1.54) is 18.3 Å². The minimum absolute atomic E-state index is 0.00582. The molecule has 0 aromatic carbocycles. The fourth-order valence-corrected chi connectivity index (χ4v) is 4.07. The molecule has 8 nitrogen and oxygen atoms in total. The third-order valence-electron chi connectivity index (χ3n) is 6.24. The molecule has 2 N–H and O–H groups in total. The lowest BCUT2D eigenvalue weighted by atomic mass is 9.87. The molecule has 3 aromatic heterocycles. The first-order chi connectivity index (χ1) is 15.3. The van der Waals surface area contributed by atoms with E-state index in [0.717, 1.165) is 12.8 Å². The summed E-state index contributed by atoms with van der Waals surface area (Å²) in [4.78, 5) is 37.1. The van der Waals surface area contributed by atoms with E-state index in [2.05, 4.69) is 20.3 Å². The van der Waals surface area contributed by atoms with Crippen LogP contribution in [0.5, 0.6) is 0 Å². The molecule has 0 bridgehead atoms. The van der Waals surface area contributed by atoms with Gasteiger partial charge in [0.15, 0.2) is 11.5 Å². The Kier molecular flexibility index (Phi) is 5.04. The fraction of sp³-hybridized carbons (Fsp3) is 0.455. The summed E-state index contributed by atoms with van der Waals surface area (Å²) in [6, 6.07) is 5.37. The van der Waals surface area contributed by atoms with E-state index >= 15 is 0 Å². The van der Waals surface area contributed by atoms with Crippen molar-refractivity contribution in [3.05, 3.63) is 52.3 Å². The highest BCUT2D eigenvalue weighted by Gasteiger charge is 2.46. The second-order valence-corrected chi connectivity index (χ2v) is 8.55. The Morgan fingerprint density at radius 1 is 1.28 bits per heavy atom. The Morgan fingerprint density at radius 2 is 2.09 bits per heavy atom. The fourth-order valence-electron chi connectivity index (χ4n) is 4.07. The SMILES string of the molecule is CC(C(=O)Nc1ccc2oc(C3CC3)nc2n1)N1CCC(F)(F)[C@@H](c2ccc(=O)[nH]c2)C1. The molecule has 0 radical (unpaired) electrons. The molecule has 1 aliphatic carbocycles. The average Bonchev–Trinajstić information content (AvgIpc) is 3.53. The number of aromatic amines is 1. The highest BCUT2D eigenvalue weighted by molar-refractivity contribution is 5.94. The molecule has 3 aromatic rings. The smallest absolute Gasteiger partial charge is 0.257 e. The second kappa shape index (κ2) is 7.77. The number of aromatic nitrogens is 3. The molecule has 32 heavy (non-hydrogen) atoms. The quantitative estimate of drug-likeness (QED) is 0.628. The normalized spacial score (nSPS) is 22.0. The molecule has 2 atom stereocenters. The first-order valence-electron chi connectivity index (χ1n) is 10.7. The summed E-state index contributed by atoms with van der Waals surface area (Å²) in [5.41, 5.74) is 1.00. The van der Waals surface area contributed by atoms with Crippen LogP contribution in [0.1, 0.15) is 49.5 Å². The van der Waals surface area contributed by atoms with E-state index in [1.54, 1.807) is 24.0 Å². The topological polar surface area (TPSA) is 104 Å². The lowest BCUT2D eigenvalue weighted by Crippen LogP contribution is -2.52. The van der Waals surface area contributed by atoms with E-state index in [9.17, 15) is 18.4 Å². The van der Waals surface area contributed by atoms with Gasteiger partial charge in [-0.15, -0.1) is 0 Å². The van der Waals surface area contributed by atoms with Crippen molar-refractivity contribution in [2.24, 2.45) is 0 Å². The van der Waals surface area contributed by atoms with Gasteiger partial charge in [0.1, 0.15) is 5.82 Å². The number of fused-ring (bicyclic) bond motifs is 1. The Morgan fingerprint density at radius 3 is 2.81 bits per heavy atom. The molecule has 1 amide bonds. The van der Waals surface area contributed by atoms with E-state index in [-0.39, 0.29) is 31.0 Å². The van der Waals surface area contributed by atoms with Crippen LogP contribution in [-0.2, 0) is 4.79 Å². The third-order valence-corrected chi connectivity index (χ3v) is 6.24. The molecule has 1 aliphatic heterocycles. The zero-order valence-corrected chi connectivity index (χ0v) is 17.5. The van der Waals surface area contributed by atoms with E-state index in [0.29, 0.717) is 34.4 Å². The predicted octanol–water partition coefficient (Wildman–Crippen LogP) is 3.24. The Bertz CT molecular complexity index is 1200. The van der Waals surface area contributed by atoms with Gasteiger partial charge in [0.05, 0.1) is 12.0 Å². The molecule has 5 rings (SSSR count). The molecule has 1 saturated carbocycles.